The zero-order valence-electron chi connectivity index (χ0n) is 14.5. The van der Waals surface area contributed by atoms with E-state index in [4.69, 9.17) is 9.47 Å². The highest BCUT2D eigenvalue weighted by molar-refractivity contribution is 8.15. The van der Waals surface area contributed by atoms with Gasteiger partial charge in [0.15, 0.2) is 11.8 Å². The molecule has 2 heterocycles. The van der Waals surface area contributed by atoms with Crippen molar-refractivity contribution in [3.63, 3.8) is 0 Å². The van der Waals surface area contributed by atoms with Crippen molar-refractivity contribution in [2.24, 2.45) is 5.10 Å². The second kappa shape index (κ2) is 8.99. The number of nitrogens with one attached hydrogen (secondary N) is 1. The molecule has 0 bridgehead atoms. The lowest BCUT2D eigenvalue weighted by Crippen LogP contribution is -2.32. The number of nitrogens with zero attached hydrogens (tertiary/aromatic N) is 4. The van der Waals surface area contributed by atoms with Crippen molar-refractivity contribution in [1.29, 1.82) is 0 Å². The second-order valence-corrected chi connectivity index (χ2v) is 6.15. The largest absolute Gasteiger partial charge is 0.494 e. The summed E-state index contributed by atoms with van der Waals surface area (Å²) in [6.07, 6.45) is 4.37. The Balaban J connectivity index is 1.62. The molecule has 1 N–H and O–H groups in total. The number of thioether (sulfide) groups is 1. The first-order valence-electron chi connectivity index (χ1n) is 8.11. The van der Waals surface area contributed by atoms with Crippen LogP contribution >= 0.6 is 11.8 Å². The molecule has 27 heavy (non-hydrogen) atoms. The predicted octanol–water partition coefficient (Wildman–Crippen LogP) is 1.42. The number of hydrazone groups is 1. The van der Waals surface area contributed by atoms with E-state index < -0.39 is 5.91 Å². The first-order valence-corrected chi connectivity index (χ1v) is 9.10. The van der Waals surface area contributed by atoms with Gasteiger partial charge < -0.3 is 9.47 Å². The van der Waals surface area contributed by atoms with Gasteiger partial charge in [0.1, 0.15) is 5.75 Å². The van der Waals surface area contributed by atoms with Crippen molar-refractivity contribution in [3.8, 4) is 11.6 Å². The summed E-state index contributed by atoms with van der Waals surface area (Å²) in [6, 6.07) is 7.09. The summed E-state index contributed by atoms with van der Waals surface area (Å²) in [5, 5.41) is 4.43. The molecule has 1 aromatic carbocycles. The predicted molar refractivity (Wildman–Crippen MR) is 101 cm³/mol. The molecular weight excluding hydrogens is 370 g/mol. The average Bonchev–Trinajstić information content (AvgIpc) is 3.07. The van der Waals surface area contributed by atoms with Crippen LogP contribution in [0.2, 0.25) is 0 Å². The number of rotatable bonds is 7. The molecule has 0 aliphatic carbocycles. The van der Waals surface area contributed by atoms with Gasteiger partial charge in [-0.1, -0.05) is 11.8 Å². The molecule has 10 heteroatoms. The number of amidine groups is 1. The second-order valence-electron chi connectivity index (χ2n) is 5.21. The minimum absolute atomic E-state index is 0.118. The van der Waals surface area contributed by atoms with Crippen molar-refractivity contribution >= 4 is 34.4 Å². The summed E-state index contributed by atoms with van der Waals surface area (Å²) in [5.74, 6) is 0.612. The monoisotopic (exact) mass is 387 g/mol. The highest BCUT2D eigenvalue weighted by Crippen LogP contribution is 2.28. The Hall–Kier alpha value is -3.14. The Labute approximate surface area is 159 Å². The van der Waals surface area contributed by atoms with Crippen LogP contribution in [0.3, 0.4) is 0 Å². The smallest absolute Gasteiger partial charge is 0.278 e. The van der Waals surface area contributed by atoms with Gasteiger partial charge >= 0.3 is 0 Å². The van der Waals surface area contributed by atoms with E-state index in [-0.39, 0.29) is 24.1 Å². The molecule has 1 aliphatic heterocycles. The van der Waals surface area contributed by atoms with Gasteiger partial charge in [-0.05, 0) is 31.2 Å². The van der Waals surface area contributed by atoms with E-state index in [1.54, 1.807) is 24.3 Å². The molecule has 0 spiro atoms. The fraction of sp³-hybridized carbons (Fsp3) is 0.235. The number of carbonyl (C=O) groups is 2. The Morgan fingerprint density at radius 3 is 2.81 bits per heavy atom. The number of amides is 2. The normalized spacial score (nSPS) is 15.1. The first-order chi connectivity index (χ1) is 13.2. The van der Waals surface area contributed by atoms with Crippen LogP contribution in [-0.2, 0) is 9.59 Å². The van der Waals surface area contributed by atoms with E-state index in [0.717, 1.165) is 0 Å². The number of anilines is 1. The zero-order chi connectivity index (χ0) is 19.1. The van der Waals surface area contributed by atoms with Crippen LogP contribution in [0.4, 0.5) is 5.69 Å². The Morgan fingerprint density at radius 1 is 1.30 bits per heavy atom. The quantitative estimate of drug-likeness (QED) is 0.716. The van der Waals surface area contributed by atoms with Gasteiger partial charge in [0, 0.05) is 12.4 Å². The molecule has 1 saturated heterocycles. The maximum atomic E-state index is 12.2. The summed E-state index contributed by atoms with van der Waals surface area (Å²) in [4.78, 5) is 33.3. The summed E-state index contributed by atoms with van der Waals surface area (Å²) >= 11 is 1.24. The highest BCUT2D eigenvalue weighted by atomic mass is 32.2. The van der Waals surface area contributed by atoms with Crippen molar-refractivity contribution in [2.75, 3.05) is 23.9 Å². The summed E-state index contributed by atoms with van der Waals surface area (Å²) in [5.41, 5.74) is 3.03. The standard InChI is InChI=1S/C17H17N5O4S/c1-2-25-13-5-3-12(4-6-13)22-16(24)11-27-17(22)21-20-14(23)10-26-15-9-18-7-8-19-15/h3-9H,2,10-11H2,1H3,(H,20,23)/b21-17-. The molecule has 0 radical (unpaired) electrons. The van der Waals surface area contributed by atoms with Gasteiger partial charge in [-0.25, -0.2) is 10.4 Å². The van der Waals surface area contributed by atoms with Crippen LogP contribution < -0.4 is 19.8 Å². The van der Waals surface area contributed by atoms with Gasteiger partial charge in [-0.3, -0.25) is 19.5 Å². The molecule has 9 nitrogen and oxygen atoms in total. The summed E-state index contributed by atoms with van der Waals surface area (Å²) < 4.78 is 10.6. The lowest BCUT2D eigenvalue weighted by atomic mass is 10.3. The summed E-state index contributed by atoms with van der Waals surface area (Å²) in [7, 11) is 0. The van der Waals surface area contributed by atoms with E-state index in [1.807, 2.05) is 6.92 Å². The van der Waals surface area contributed by atoms with Gasteiger partial charge in [-0.2, -0.15) is 0 Å². The van der Waals surface area contributed by atoms with Crippen LogP contribution in [0.1, 0.15) is 6.92 Å². The number of hydrogen-bond acceptors (Lipinski definition) is 8. The maximum absolute atomic E-state index is 12.2. The van der Waals surface area contributed by atoms with E-state index >= 15 is 0 Å². The van der Waals surface area contributed by atoms with Crippen LogP contribution in [0, 0.1) is 0 Å². The molecule has 0 unspecified atom stereocenters. The third kappa shape index (κ3) is 4.94. The van der Waals surface area contributed by atoms with Crippen LogP contribution in [0.5, 0.6) is 11.6 Å². The van der Waals surface area contributed by atoms with Crippen molar-refractivity contribution in [2.45, 2.75) is 6.92 Å². The number of benzene rings is 1. The van der Waals surface area contributed by atoms with Crippen LogP contribution in [-0.4, -0.2) is 45.9 Å². The number of aromatic nitrogens is 2. The molecule has 2 amide bonds. The lowest BCUT2D eigenvalue weighted by Gasteiger charge is -2.16. The van der Waals surface area contributed by atoms with Gasteiger partial charge in [0.05, 0.1) is 24.2 Å². The molecule has 0 atom stereocenters. The molecule has 3 rings (SSSR count). The van der Waals surface area contributed by atoms with Crippen LogP contribution in [0.15, 0.2) is 48.0 Å². The van der Waals surface area contributed by atoms with Gasteiger partial charge in [-0.15, -0.1) is 5.10 Å². The van der Waals surface area contributed by atoms with Crippen molar-refractivity contribution in [3.05, 3.63) is 42.9 Å². The first kappa shape index (κ1) is 18.6. The molecule has 1 aliphatic rings. The Morgan fingerprint density at radius 2 is 2.11 bits per heavy atom. The zero-order valence-corrected chi connectivity index (χ0v) is 15.3. The molecule has 1 fully saturated rings. The Bertz CT molecular complexity index is 829. The molecule has 2 aromatic rings. The minimum atomic E-state index is -0.472. The number of ether oxygens (including phenoxy) is 2. The van der Waals surface area contributed by atoms with Crippen molar-refractivity contribution < 1.29 is 19.1 Å². The van der Waals surface area contributed by atoms with E-state index in [1.165, 1.54) is 35.3 Å². The molecule has 1 aromatic heterocycles. The van der Waals surface area contributed by atoms with Gasteiger partial charge in [0.25, 0.3) is 5.91 Å². The van der Waals surface area contributed by atoms with Gasteiger partial charge in [0.2, 0.25) is 11.8 Å². The number of carbonyl (C=O) groups excluding carboxylic acids is 2. The SMILES string of the molecule is CCOc1ccc(N2C(=O)CS/C2=N\NC(=O)COc2cnccn2)cc1. The molecule has 0 saturated carbocycles. The third-order valence-corrected chi connectivity index (χ3v) is 4.26. The maximum Gasteiger partial charge on any atom is 0.278 e. The Kier molecular flexibility index (Phi) is 6.21. The topological polar surface area (TPSA) is 106 Å². The fourth-order valence-corrected chi connectivity index (χ4v) is 3.03. The molecule has 140 valence electrons. The minimum Gasteiger partial charge on any atom is -0.494 e. The third-order valence-electron chi connectivity index (χ3n) is 3.34. The fourth-order valence-electron chi connectivity index (χ4n) is 2.20. The lowest BCUT2D eigenvalue weighted by molar-refractivity contribution is -0.123. The molecular formula is C17H17N5O4S. The highest BCUT2D eigenvalue weighted by Gasteiger charge is 2.30. The van der Waals surface area contributed by atoms with Crippen LogP contribution in [0.25, 0.3) is 0 Å². The van der Waals surface area contributed by atoms with E-state index in [0.29, 0.717) is 23.2 Å². The summed E-state index contributed by atoms with van der Waals surface area (Å²) in [6.45, 7) is 2.19. The average molecular weight is 387 g/mol. The number of hydrogen-bond donors (Lipinski definition) is 1. The van der Waals surface area contributed by atoms with E-state index in [2.05, 4.69) is 20.5 Å². The van der Waals surface area contributed by atoms with E-state index in [9.17, 15) is 9.59 Å². The van der Waals surface area contributed by atoms with Crippen molar-refractivity contribution in [1.82, 2.24) is 15.4 Å².